The third-order valence-electron chi connectivity index (χ3n) is 2.96. The molecule has 114 valence electrons. The number of halogens is 1. The van der Waals surface area contributed by atoms with E-state index in [1.807, 2.05) is 51.1 Å². The molecular formula is C14H23BrN2O2S. The Balaban J connectivity index is 3.02. The molecule has 0 fully saturated rings. The fourth-order valence-corrected chi connectivity index (χ4v) is 3.69. The monoisotopic (exact) mass is 362 g/mol. The lowest BCUT2D eigenvalue weighted by Gasteiger charge is -2.35. The molecule has 2 atom stereocenters. The first-order valence-electron chi connectivity index (χ1n) is 6.61. The summed E-state index contributed by atoms with van der Waals surface area (Å²) in [6, 6.07) is 3.76. The average molecular weight is 363 g/mol. The fraction of sp³-hybridized carbons (Fsp3) is 0.643. The molecule has 0 bridgehead atoms. The number of pyridine rings is 1. The van der Waals surface area contributed by atoms with E-state index in [4.69, 9.17) is 4.74 Å². The van der Waals surface area contributed by atoms with E-state index in [9.17, 15) is 4.55 Å². The maximum atomic E-state index is 12.6. The number of methoxy groups -OCH3 is 1. The SMILES string of the molecule is CCN([C@H](C)c1ccc(OC)c(Br)n1)[S+]([O-])C(C)(C)C. The first-order chi connectivity index (χ1) is 9.22. The van der Waals surface area contributed by atoms with Gasteiger partial charge in [0.2, 0.25) is 0 Å². The first-order valence-corrected chi connectivity index (χ1v) is 8.51. The molecule has 0 saturated carbocycles. The van der Waals surface area contributed by atoms with Crippen LogP contribution in [0.2, 0.25) is 0 Å². The van der Waals surface area contributed by atoms with E-state index >= 15 is 0 Å². The van der Waals surface area contributed by atoms with Crippen LogP contribution in [-0.4, -0.2) is 32.2 Å². The van der Waals surface area contributed by atoms with Crippen molar-refractivity contribution < 1.29 is 9.29 Å². The van der Waals surface area contributed by atoms with Gasteiger partial charge in [-0.25, -0.2) is 4.98 Å². The number of hydrogen-bond acceptors (Lipinski definition) is 4. The molecule has 1 aromatic heterocycles. The summed E-state index contributed by atoms with van der Waals surface area (Å²) >= 11 is 2.32. The Bertz CT molecular complexity index is 451. The van der Waals surface area contributed by atoms with Crippen molar-refractivity contribution >= 4 is 27.3 Å². The minimum absolute atomic E-state index is 0.0257. The minimum atomic E-state index is -1.07. The van der Waals surface area contributed by atoms with Crippen LogP contribution in [0.25, 0.3) is 0 Å². The zero-order chi connectivity index (χ0) is 15.5. The van der Waals surface area contributed by atoms with Crippen molar-refractivity contribution in [2.45, 2.75) is 45.4 Å². The van der Waals surface area contributed by atoms with Gasteiger partial charge in [0.05, 0.1) is 18.8 Å². The van der Waals surface area contributed by atoms with Crippen molar-refractivity contribution in [3.05, 3.63) is 22.4 Å². The molecule has 0 spiro atoms. The molecule has 0 aliphatic carbocycles. The van der Waals surface area contributed by atoms with E-state index < -0.39 is 11.4 Å². The van der Waals surface area contributed by atoms with Crippen LogP contribution in [0.15, 0.2) is 16.7 Å². The van der Waals surface area contributed by atoms with Gasteiger partial charge in [-0.3, -0.25) is 0 Å². The fourth-order valence-electron chi connectivity index (χ4n) is 1.85. The largest absolute Gasteiger partial charge is 0.597 e. The standard InChI is InChI=1S/C14H23BrN2O2S/c1-7-17(20(18)14(3,4)5)10(2)11-8-9-12(19-6)13(15)16-11/h8-10H,7H2,1-6H3/t10-,20?/m1/s1. The minimum Gasteiger partial charge on any atom is -0.597 e. The number of nitrogens with zero attached hydrogens (tertiary/aromatic N) is 2. The van der Waals surface area contributed by atoms with Gasteiger partial charge in [-0.15, -0.1) is 4.31 Å². The van der Waals surface area contributed by atoms with Gasteiger partial charge < -0.3 is 9.29 Å². The van der Waals surface area contributed by atoms with Crippen LogP contribution >= 0.6 is 15.9 Å². The molecule has 1 unspecified atom stereocenters. The van der Waals surface area contributed by atoms with E-state index in [1.54, 1.807) is 7.11 Å². The van der Waals surface area contributed by atoms with Crippen molar-refractivity contribution in [1.29, 1.82) is 0 Å². The lowest BCUT2D eigenvalue weighted by Crippen LogP contribution is -2.44. The van der Waals surface area contributed by atoms with Crippen LogP contribution in [0.5, 0.6) is 5.75 Å². The van der Waals surface area contributed by atoms with Crippen molar-refractivity contribution in [2.24, 2.45) is 0 Å². The predicted octanol–water partition coefficient (Wildman–Crippen LogP) is 3.70. The lowest BCUT2D eigenvalue weighted by atomic mass is 10.2. The summed E-state index contributed by atoms with van der Waals surface area (Å²) in [7, 11) is 1.61. The van der Waals surface area contributed by atoms with Gasteiger partial charge in [-0.1, -0.05) is 0 Å². The quantitative estimate of drug-likeness (QED) is 0.591. The van der Waals surface area contributed by atoms with E-state index in [-0.39, 0.29) is 10.8 Å². The van der Waals surface area contributed by atoms with Crippen molar-refractivity contribution in [3.8, 4) is 5.75 Å². The van der Waals surface area contributed by atoms with Crippen molar-refractivity contribution in [3.63, 3.8) is 0 Å². The highest BCUT2D eigenvalue weighted by Crippen LogP contribution is 2.31. The summed E-state index contributed by atoms with van der Waals surface area (Å²) < 4.78 is 20.1. The summed E-state index contributed by atoms with van der Waals surface area (Å²) in [5, 5.41) is 0. The Kier molecular flexibility index (Phi) is 6.31. The van der Waals surface area contributed by atoms with Gasteiger partial charge in [-0.2, -0.15) is 0 Å². The molecule has 0 radical (unpaired) electrons. The van der Waals surface area contributed by atoms with Crippen LogP contribution in [0.1, 0.15) is 46.4 Å². The Labute approximate surface area is 133 Å². The number of rotatable bonds is 5. The highest BCUT2D eigenvalue weighted by molar-refractivity contribution is 9.10. The molecule has 0 aliphatic rings. The van der Waals surface area contributed by atoms with Gasteiger partial charge in [0.15, 0.2) is 5.75 Å². The van der Waals surface area contributed by atoms with Gasteiger partial charge in [-0.05, 0) is 62.7 Å². The van der Waals surface area contributed by atoms with E-state index in [0.717, 1.165) is 5.69 Å². The molecule has 1 aromatic rings. The molecule has 0 amide bonds. The first kappa shape index (κ1) is 17.8. The summed E-state index contributed by atoms with van der Waals surface area (Å²) in [5.74, 6) is 0.695. The van der Waals surface area contributed by atoms with Gasteiger partial charge in [0, 0.05) is 17.9 Å². The van der Waals surface area contributed by atoms with Crippen LogP contribution in [0.3, 0.4) is 0 Å². The zero-order valence-corrected chi connectivity index (χ0v) is 15.3. The van der Waals surface area contributed by atoms with Gasteiger partial charge in [0.1, 0.15) is 9.35 Å². The van der Waals surface area contributed by atoms with Crippen molar-refractivity contribution in [2.75, 3.05) is 13.7 Å². The molecule has 6 heteroatoms. The summed E-state index contributed by atoms with van der Waals surface area (Å²) in [5.41, 5.74) is 0.872. The second-order valence-corrected chi connectivity index (χ2v) is 8.44. The Morgan fingerprint density at radius 3 is 2.45 bits per heavy atom. The van der Waals surface area contributed by atoms with Crippen LogP contribution in [0, 0.1) is 0 Å². The number of aromatic nitrogens is 1. The summed E-state index contributed by atoms with van der Waals surface area (Å²) in [4.78, 5) is 4.49. The second-order valence-electron chi connectivity index (χ2n) is 5.50. The Hall–Kier alpha value is -0.300. The van der Waals surface area contributed by atoms with Gasteiger partial charge in [0.25, 0.3) is 0 Å². The average Bonchev–Trinajstić information content (AvgIpc) is 2.38. The molecule has 0 aromatic carbocycles. The maximum absolute atomic E-state index is 12.6. The molecule has 20 heavy (non-hydrogen) atoms. The van der Waals surface area contributed by atoms with Crippen LogP contribution < -0.4 is 4.74 Å². The highest BCUT2D eigenvalue weighted by atomic mass is 79.9. The van der Waals surface area contributed by atoms with Crippen molar-refractivity contribution in [1.82, 2.24) is 9.29 Å². The predicted molar refractivity (Wildman–Crippen MR) is 87.2 cm³/mol. The van der Waals surface area contributed by atoms with E-state index in [2.05, 4.69) is 20.9 Å². The normalized spacial score (nSPS) is 15.2. The molecule has 0 N–H and O–H groups in total. The molecule has 4 nitrogen and oxygen atoms in total. The number of ether oxygens (including phenoxy) is 1. The molecule has 1 rings (SSSR count). The van der Waals surface area contributed by atoms with Gasteiger partial charge >= 0.3 is 0 Å². The lowest BCUT2D eigenvalue weighted by molar-refractivity contribution is 0.338. The van der Waals surface area contributed by atoms with E-state index in [1.165, 1.54) is 0 Å². The Morgan fingerprint density at radius 2 is 2.05 bits per heavy atom. The Morgan fingerprint density at radius 1 is 1.45 bits per heavy atom. The maximum Gasteiger partial charge on any atom is 0.151 e. The number of hydrogen-bond donors (Lipinski definition) is 0. The molecule has 1 heterocycles. The van der Waals surface area contributed by atoms with E-state index in [0.29, 0.717) is 16.9 Å². The summed E-state index contributed by atoms with van der Waals surface area (Å²) in [6.45, 7) is 10.7. The topological polar surface area (TPSA) is 48.4 Å². The van der Waals surface area contributed by atoms with Crippen LogP contribution in [0.4, 0.5) is 0 Å². The zero-order valence-electron chi connectivity index (χ0n) is 12.9. The second kappa shape index (κ2) is 7.11. The van der Waals surface area contributed by atoms with Crippen LogP contribution in [-0.2, 0) is 11.4 Å². The molecular weight excluding hydrogens is 340 g/mol. The third kappa shape index (κ3) is 4.10. The third-order valence-corrected chi connectivity index (χ3v) is 5.58. The smallest absolute Gasteiger partial charge is 0.151 e. The molecule has 0 aliphatic heterocycles. The highest BCUT2D eigenvalue weighted by Gasteiger charge is 2.36. The molecule has 0 saturated heterocycles. The summed E-state index contributed by atoms with van der Waals surface area (Å²) in [6.07, 6.45) is 0.